The van der Waals surface area contributed by atoms with E-state index in [0.717, 1.165) is 12.8 Å². The number of hydrogen-bond donors (Lipinski definition) is 0. The first-order chi connectivity index (χ1) is 50.1. The zero-order valence-electron chi connectivity index (χ0n) is 69.4. The lowest BCUT2D eigenvalue weighted by Crippen LogP contribution is -2.61. The van der Waals surface area contributed by atoms with Crippen LogP contribution in [0.4, 0.5) is 34.1 Å². The summed E-state index contributed by atoms with van der Waals surface area (Å²) in [4.78, 5) is 5.66. The SMILES string of the molecule is CC(C)(C)c1ccc(-c2cc(C(C)(C)C)cc(-c3ccc(C(C)(C)C)cc3)c2N2c3ccc(-c4cccc([Si](C)(C)C)c4)cc3B3c4cc(-c5cccc([Si](C)(C)C)c5)ccc4N(c4c(-c5ccc(C(C)(C)C)cc5)cc(C(C)(C)C)cc4-c4ccc(C(C)(C)C)cc4)c4cc(C5CCCCC5)cc2c43)cc1. The maximum Gasteiger partial charge on any atom is 0.252 e. The van der Waals surface area contributed by atoms with Gasteiger partial charge in [-0.05, 0) is 200 Å². The molecule has 0 radical (unpaired) electrons. The Kier molecular flexibility index (Phi) is 19.2. The Labute approximate surface area is 647 Å². The van der Waals surface area contributed by atoms with Crippen molar-refractivity contribution in [1.82, 2.24) is 0 Å². The highest BCUT2D eigenvalue weighted by molar-refractivity contribution is 7.00. The van der Waals surface area contributed by atoms with Gasteiger partial charge in [-0.1, -0.05) is 363 Å². The maximum absolute atomic E-state index is 2.83. The molecule has 14 rings (SSSR count). The monoisotopic (exact) mass is 1440 g/mol. The van der Waals surface area contributed by atoms with Crippen LogP contribution < -0.4 is 36.6 Å². The highest BCUT2D eigenvalue weighted by Crippen LogP contribution is 2.56. The van der Waals surface area contributed by atoms with E-state index >= 15 is 0 Å². The van der Waals surface area contributed by atoms with Crippen LogP contribution in [0.1, 0.15) is 202 Å². The second-order valence-corrected chi connectivity index (χ2v) is 50.4. The summed E-state index contributed by atoms with van der Waals surface area (Å²) in [7, 11) is -3.48. The smallest absolute Gasteiger partial charge is 0.252 e. The molecular formula is C102H119BN2Si2. The van der Waals surface area contributed by atoms with Gasteiger partial charge in [0.2, 0.25) is 0 Å². The van der Waals surface area contributed by atoms with Crippen LogP contribution in [0.2, 0.25) is 39.3 Å². The molecule has 0 N–H and O–H groups in total. The van der Waals surface area contributed by atoms with Gasteiger partial charge in [0, 0.05) is 45.0 Å². The van der Waals surface area contributed by atoms with E-state index in [2.05, 4.69) is 392 Å². The van der Waals surface area contributed by atoms with Crippen LogP contribution in [-0.2, 0) is 32.5 Å². The molecule has 5 heteroatoms. The summed E-state index contributed by atoms with van der Waals surface area (Å²) in [6.07, 6.45) is 6.02. The van der Waals surface area contributed by atoms with Crippen molar-refractivity contribution in [2.45, 2.75) is 234 Å². The van der Waals surface area contributed by atoms with Crippen molar-refractivity contribution < 1.29 is 0 Å². The average Bonchev–Trinajstić information content (AvgIpc) is 0.686. The van der Waals surface area contributed by atoms with Gasteiger partial charge in [-0.3, -0.25) is 0 Å². The number of nitrogens with zero attached hydrogens (tertiary/aromatic N) is 2. The lowest BCUT2D eigenvalue weighted by molar-refractivity contribution is 0.444. The summed E-state index contributed by atoms with van der Waals surface area (Å²) >= 11 is 0. The molecule has 0 unspecified atom stereocenters. The predicted octanol–water partition coefficient (Wildman–Crippen LogP) is 26.7. The number of anilines is 6. The Balaban J connectivity index is 1.20. The summed E-state index contributed by atoms with van der Waals surface area (Å²) in [5.74, 6) is 0.367. The fourth-order valence-electron chi connectivity index (χ4n) is 17.0. The first-order valence-corrected chi connectivity index (χ1v) is 47.2. The van der Waals surface area contributed by atoms with Crippen LogP contribution >= 0.6 is 0 Å². The average molecular weight is 1440 g/mol. The van der Waals surface area contributed by atoms with Crippen molar-refractivity contribution in [1.29, 1.82) is 0 Å². The highest BCUT2D eigenvalue weighted by atomic mass is 28.3. The summed E-state index contributed by atoms with van der Waals surface area (Å²) in [6, 6.07) is 89.2. The number of fused-ring (bicyclic) bond motifs is 4. The quantitative estimate of drug-likeness (QED) is 0.119. The largest absolute Gasteiger partial charge is 0.310 e. The van der Waals surface area contributed by atoms with Gasteiger partial charge in [-0.2, -0.15) is 0 Å². The molecule has 548 valence electrons. The van der Waals surface area contributed by atoms with Crippen LogP contribution in [0, 0.1) is 0 Å². The molecule has 2 nitrogen and oxygen atoms in total. The van der Waals surface area contributed by atoms with Gasteiger partial charge >= 0.3 is 0 Å². The molecule has 3 aliphatic rings. The van der Waals surface area contributed by atoms with Crippen molar-refractivity contribution in [3.63, 3.8) is 0 Å². The Morgan fingerprint density at radius 2 is 0.561 bits per heavy atom. The number of rotatable bonds is 11. The third-order valence-corrected chi connectivity index (χ3v) is 28.0. The van der Waals surface area contributed by atoms with Gasteiger partial charge in [-0.25, -0.2) is 0 Å². The molecule has 1 fully saturated rings. The molecule has 0 bridgehead atoms. The van der Waals surface area contributed by atoms with E-state index in [9.17, 15) is 0 Å². The fraction of sp³-hybridized carbons (Fsp3) is 0.353. The molecule has 1 saturated carbocycles. The van der Waals surface area contributed by atoms with Crippen LogP contribution in [0.25, 0.3) is 66.8 Å². The minimum atomic E-state index is -1.74. The van der Waals surface area contributed by atoms with E-state index in [1.807, 2.05) is 0 Å². The van der Waals surface area contributed by atoms with E-state index in [-0.39, 0.29) is 39.2 Å². The van der Waals surface area contributed by atoms with Crippen molar-refractivity contribution in [2.24, 2.45) is 0 Å². The van der Waals surface area contributed by atoms with Gasteiger partial charge in [-0.15, -0.1) is 0 Å². The molecule has 1 aliphatic carbocycles. The van der Waals surface area contributed by atoms with E-state index in [4.69, 9.17) is 0 Å². The Hall–Kier alpha value is -8.48. The number of benzene rings is 11. The molecule has 0 saturated heterocycles. The number of hydrogen-bond acceptors (Lipinski definition) is 2. The highest BCUT2D eigenvalue weighted by Gasteiger charge is 2.47. The van der Waals surface area contributed by atoms with Crippen molar-refractivity contribution in [3.8, 4) is 66.8 Å². The Morgan fingerprint density at radius 3 is 0.841 bits per heavy atom. The molecule has 0 spiro atoms. The second-order valence-electron chi connectivity index (χ2n) is 40.3. The summed E-state index contributed by atoms with van der Waals surface area (Å²) in [5, 5.41) is 2.93. The predicted molar refractivity (Wildman–Crippen MR) is 477 cm³/mol. The molecule has 11 aromatic carbocycles. The molecule has 2 heterocycles. The third-order valence-electron chi connectivity index (χ3n) is 23.9. The Bertz CT molecular complexity index is 4710. The van der Waals surface area contributed by atoms with Crippen molar-refractivity contribution in [2.75, 3.05) is 9.80 Å². The van der Waals surface area contributed by atoms with Crippen LogP contribution in [-0.4, -0.2) is 22.9 Å². The lowest BCUT2D eigenvalue weighted by Gasteiger charge is -2.46. The van der Waals surface area contributed by atoms with Gasteiger partial charge in [0.1, 0.15) is 0 Å². The second kappa shape index (κ2) is 27.3. The van der Waals surface area contributed by atoms with Gasteiger partial charge in [0.25, 0.3) is 6.71 Å². The molecule has 0 aromatic heterocycles. The van der Waals surface area contributed by atoms with E-state index in [1.54, 1.807) is 0 Å². The van der Waals surface area contributed by atoms with E-state index < -0.39 is 16.1 Å². The summed E-state index contributed by atoms with van der Waals surface area (Å²) in [6.45, 7) is 57.3. The molecule has 0 amide bonds. The molecule has 2 aliphatic heterocycles. The lowest BCUT2D eigenvalue weighted by atomic mass is 9.33. The van der Waals surface area contributed by atoms with Crippen LogP contribution in [0.3, 0.4) is 0 Å². The van der Waals surface area contributed by atoms with Gasteiger partial charge in [0.15, 0.2) is 0 Å². The molecule has 0 atom stereocenters. The minimum Gasteiger partial charge on any atom is -0.310 e. The van der Waals surface area contributed by atoms with E-state index in [0.29, 0.717) is 5.92 Å². The fourth-order valence-corrected chi connectivity index (χ4v) is 19.3. The first kappa shape index (κ1) is 75.3. The maximum atomic E-state index is 2.83. The first-order valence-electron chi connectivity index (χ1n) is 40.2. The zero-order valence-corrected chi connectivity index (χ0v) is 71.4. The molecular weight excluding hydrogens is 1320 g/mol. The van der Waals surface area contributed by atoms with Gasteiger partial charge in [0.05, 0.1) is 27.5 Å². The van der Waals surface area contributed by atoms with Gasteiger partial charge < -0.3 is 9.80 Å². The third kappa shape index (κ3) is 14.8. The van der Waals surface area contributed by atoms with Crippen LogP contribution in [0.5, 0.6) is 0 Å². The standard InChI is InChI=1S/C102H119BN2Si2/c1-97(2,3)76-46-36-67(37-47-76)84-62-80(101(13,14)15)63-85(68-38-48-77(49-39-68)98(4,5)6)95(84)104-90-54-44-73(71-32-28-34-82(56-71)106(19,20)21)58-88(90)103-89-59-74(72-33-29-35-83(57-72)107(22,23)24)45-55-91(89)105(93-61-75(60-92(104)94(93)103)66-30-26-25-27-31-66)96-86(69-40-50-78(51-41-69)99(7,8)9)64-81(102(16,17)18)65-87(96)70-42-52-79(53-43-70)100(10,11)12/h28-29,32-66H,25-27,30-31H2,1-24H3. The molecule has 11 aromatic rings. The zero-order chi connectivity index (χ0) is 76.6. The van der Waals surface area contributed by atoms with Crippen LogP contribution in [0.15, 0.2) is 218 Å². The van der Waals surface area contributed by atoms with E-state index in [1.165, 1.54) is 186 Å². The minimum absolute atomic E-state index is 0.0297. The molecule has 107 heavy (non-hydrogen) atoms. The summed E-state index contributed by atoms with van der Waals surface area (Å²) in [5.41, 5.74) is 35.1. The van der Waals surface area contributed by atoms with Crippen molar-refractivity contribution >= 4 is 83.7 Å². The summed E-state index contributed by atoms with van der Waals surface area (Å²) < 4.78 is 0. The van der Waals surface area contributed by atoms with Crippen molar-refractivity contribution in [3.05, 3.63) is 257 Å². The normalized spacial score (nSPS) is 14.6. The Morgan fingerprint density at radius 1 is 0.280 bits per heavy atom. The topological polar surface area (TPSA) is 6.48 Å².